The third-order valence-corrected chi connectivity index (χ3v) is 3.24. The first kappa shape index (κ1) is 16.3. The molecule has 1 rings (SSSR count). The quantitative estimate of drug-likeness (QED) is 0.880. The summed E-state index contributed by atoms with van der Waals surface area (Å²) in [6.07, 6.45) is 0.124. The fourth-order valence-electron chi connectivity index (χ4n) is 1.58. The Balaban J connectivity index is 2.95. The predicted octanol–water partition coefficient (Wildman–Crippen LogP) is 4.13. The molecule has 19 heavy (non-hydrogen) atoms. The van der Waals surface area contributed by atoms with Crippen molar-refractivity contribution in [2.75, 3.05) is 7.11 Å². The molecule has 0 aliphatic rings. The zero-order valence-corrected chi connectivity index (χ0v) is 14.2. The Morgan fingerprint density at radius 2 is 1.84 bits per heavy atom. The molecular weight excluding hydrogens is 306 g/mol. The fraction of sp³-hybridized carbons (Fsp3) is 0.600. The van der Waals surface area contributed by atoms with Gasteiger partial charge in [0.05, 0.1) is 13.2 Å². The summed E-state index contributed by atoms with van der Waals surface area (Å²) in [7, 11) is 1.66. The highest BCUT2D eigenvalue weighted by atomic mass is 79.9. The van der Waals surface area contributed by atoms with Gasteiger partial charge in [0.25, 0.3) is 0 Å². The standard InChI is InChI=1S/C15H24BrNO2/c1-10(2)19-14-8-12(16)11(7-13(14)18-6)9-17-15(3,4)5/h7-8,10,17H,9H2,1-6H3. The Hall–Kier alpha value is -0.740. The molecule has 0 saturated carbocycles. The molecular formula is C15H24BrNO2. The van der Waals surface area contributed by atoms with Crippen molar-refractivity contribution in [3.05, 3.63) is 22.2 Å². The zero-order chi connectivity index (χ0) is 14.6. The van der Waals surface area contributed by atoms with Gasteiger partial charge >= 0.3 is 0 Å². The second-order valence-corrected chi connectivity index (χ2v) is 6.72. The highest BCUT2D eigenvalue weighted by molar-refractivity contribution is 9.10. The van der Waals surface area contributed by atoms with Crippen LogP contribution in [0.25, 0.3) is 0 Å². The molecule has 0 unspecified atom stereocenters. The molecule has 0 radical (unpaired) electrons. The molecule has 0 spiro atoms. The second kappa shape index (κ2) is 6.62. The van der Waals surface area contributed by atoms with Gasteiger partial charge in [-0.05, 0) is 52.3 Å². The van der Waals surface area contributed by atoms with Crippen molar-refractivity contribution in [1.82, 2.24) is 5.32 Å². The van der Waals surface area contributed by atoms with Crippen LogP contribution in [0.5, 0.6) is 11.5 Å². The number of ether oxygens (including phenoxy) is 2. The van der Waals surface area contributed by atoms with E-state index in [1.54, 1.807) is 7.11 Å². The number of hydrogen-bond acceptors (Lipinski definition) is 3. The monoisotopic (exact) mass is 329 g/mol. The Bertz CT molecular complexity index is 425. The number of rotatable bonds is 5. The van der Waals surface area contributed by atoms with Gasteiger partial charge in [0.2, 0.25) is 0 Å². The predicted molar refractivity (Wildman–Crippen MR) is 83.1 cm³/mol. The summed E-state index contributed by atoms with van der Waals surface area (Å²) in [6.45, 7) is 11.2. The Kier molecular flexibility index (Phi) is 5.68. The van der Waals surface area contributed by atoms with Crippen LogP contribution >= 0.6 is 15.9 Å². The molecule has 108 valence electrons. The molecule has 0 aliphatic carbocycles. The van der Waals surface area contributed by atoms with E-state index < -0.39 is 0 Å². The maximum atomic E-state index is 5.74. The van der Waals surface area contributed by atoms with Crippen molar-refractivity contribution in [3.63, 3.8) is 0 Å². The van der Waals surface area contributed by atoms with E-state index in [-0.39, 0.29) is 11.6 Å². The first-order valence-corrected chi connectivity index (χ1v) is 7.30. The molecule has 1 aromatic rings. The molecule has 0 atom stereocenters. The molecule has 4 heteroatoms. The number of benzene rings is 1. The van der Waals surface area contributed by atoms with Crippen molar-refractivity contribution in [2.24, 2.45) is 0 Å². The van der Waals surface area contributed by atoms with Crippen LogP contribution in [0.4, 0.5) is 0 Å². The van der Waals surface area contributed by atoms with Gasteiger partial charge in [0.15, 0.2) is 11.5 Å². The first-order chi connectivity index (χ1) is 8.73. The number of halogens is 1. The summed E-state index contributed by atoms with van der Waals surface area (Å²) in [5, 5.41) is 3.46. The van der Waals surface area contributed by atoms with Crippen LogP contribution in [0.2, 0.25) is 0 Å². The fourth-order valence-corrected chi connectivity index (χ4v) is 2.04. The molecule has 0 heterocycles. The van der Waals surface area contributed by atoms with Crippen LogP contribution in [-0.2, 0) is 6.54 Å². The molecule has 0 fully saturated rings. The van der Waals surface area contributed by atoms with Crippen molar-refractivity contribution >= 4 is 15.9 Å². The van der Waals surface area contributed by atoms with E-state index in [1.807, 2.05) is 26.0 Å². The summed E-state index contributed by atoms with van der Waals surface area (Å²) < 4.78 is 12.2. The lowest BCUT2D eigenvalue weighted by atomic mass is 10.1. The third-order valence-electron chi connectivity index (χ3n) is 2.50. The van der Waals surface area contributed by atoms with E-state index in [0.717, 1.165) is 28.1 Å². The van der Waals surface area contributed by atoms with Gasteiger partial charge in [-0.1, -0.05) is 15.9 Å². The van der Waals surface area contributed by atoms with Crippen LogP contribution in [-0.4, -0.2) is 18.8 Å². The van der Waals surface area contributed by atoms with Crippen LogP contribution in [0.1, 0.15) is 40.2 Å². The summed E-state index contributed by atoms with van der Waals surface area (Å²) in [5.41, 5.74) is 1.24. The third kappa shape index (κ3) is 5.41. The maximum Gasteiger partial charge on any atom is 0.162 e. The lowest BCUT2D eigenvalue weighted by Crippen LogP contribution is -2.35. The molecule has 0 aromatic heterocycles. The first-order valence-electron chi connectivity index (χ1n) is 6.51. The average Bonchev–Trinajstić information content (AvgIpc) is 2.26. The molecule has 1 aromatic carbocycles. The Labute approximate surface area is 124 Å². The van der Waals surface area contributed by atoms with Crippen molar-refractivity contribution in [1.29, 1.82) is 0 Å². The molecule has 0 saturated heterocycles. The van der Waals surface area contributed by atoms with Crippen molar-refractivity contribution in [2.45, 2.75) is 52.8 Å². The lowest BCUT2D eigenvalue weighted by molar-refractivity contribution is 0.230. The van der Waals surface area contributed by atoms with E-state index in [4.69, 9.17) is 9.47 Å². The van der Waals surface area contributed by atoms with Gasteiger partial charge in [0.1, 0.15) is 0 Å². The van der Waals surface area contributed by atoms with Crippen molar-refractivity contribution < 1.29 is 9.47 Å². The van der Waals surface area contributed by atoms with Crippen LogP contribution in [0.3, 0.4) is 0 Å². The maximum absolute atomic E-state index is 5.74. The molecule has 0 bridgehead atoms. The van der Waals surface area contributed by atoms with Crippen LogP contribution in [0.15, 0.2) is 16.6 Å². The van der Waals surface area contributed by atoms with E-state index in [9.17, 15) is 0 Å². The van der Waals surface area contributed by atoms with Gasteiger partial charge in [-0.15, -0.1) is 0 Å². The van der Waals surface area contributed by atoms with Gasteiger partial charge in [-0.2, -0.15) is 0 Å². The smallest absolute Gasteiger partial charge is 0.162 e. The SMILES string of the molecule is COc1cc(CNC(C)(C)C)c(Br)cc1OC(C)C. The van der Waals surface area contributed by atoms with E-state index in [0.29, 0.717) is 0 Å². The minimum atomic E-state index is 0.0831. The summed E-state index contributed by atoms with van der Waals surface area (Å²) >= 11 is 3.59. The highest BCUT2D eigenvalue weighted by Gasteiger charge is 2.14. The van der Waals surface area contributed by atoms with Gasteiger partial charge in [0, 0.05) is 16.6 Å². The van der Waals surface area contributed by atoms with Gasteiger partial charge in [-0.3, -0.25) is 0 Å². The Morgan fingerprint density at radius 1 is 1.21 bits per heavy atom. The molecule has 0 amide bonds. The van der Waals surface area contributed by atoms with Crippen LogP contribution in [0, 0.1) is 0 Å². The molecule has 1 N–H and O–H groups in total. The molecule has 3 nitrogen and oxygen atoms in total. The summed E-state index contributed by atoms with van der Waals surface area (Å²) in [6, 6.07) is 3.99. The zero-order valence-electron chi connectivity index (χ0n) is 12.6. The largest absolute Gasteiger partial charge is 0.493 e. The van der Waals surface area contributed by atoms with Gasteiger partial charge < -0.3 is 14.8 Å². The minimum Gasteiger partial charge on any atom is -0.493 e. The molecule has 0 aliphatic heterocycles. The summed E-state index contributed by atoms with van der Waals surface area (Å²) in [5.74, 6) is 1.53. The van der Waals surface area contributed by atoms with Gasteiger partial charge in [-0.25, -0.2) is 0 Å². The van der Waals surface area contributed by atoms with Crippen LogP contribution < -0.4 is 14.8 Å². The minimum absolute atomic E-state index is 0.0831. The lowest BCUT2D eigenvalue weighted by Gasteiger charge is -2.22. The average molecular weight is 330 g/mol. The number of nitrogens with one attached hydrogen (secondary N) is 1. The number of methoxy groups -OCH3 is 1. The van der Waals surface area contributed by atoms with E-state index >= 15 is 0 Å². The topological polar surface area (TPSA) is 30.5 Å². The Morgan fingerprint density at radius 3 is 2.32 bits per heavy atom. The number of hydrogen-bond donors (Lipinski definition) is 1. The normalized spacial score (nSPS) is 11.8. The summed E-state index contributed by atoms with van der Waals surface area (Å²) in [4.78, 5) is 0. The van der Waals surface area contributed by atoms with Crippen molar-refractivity contribution in [3.8, 4) is 11.5 Å². The second-order valence-electron chi connectivity index (χ2n) is 5.86. The van der Waals surface area contributed by atoms with E-state index in [2.05, 4.69) is 42.0 Å². The van der Waals surface area contributed by atoms with E-state index in [1.165, 1.54) is 0 Å². The highest BCUT2D eigenvalue weighted by Crippen LogP contribution is 2.34.